The highest BCUT2D eigenvalue weighted by Crippen LogP contribution is 2.37. The number of benzene rings is 1. The van der Waals surface area contributed by atoms with Crippen LogP contribution in [0.3, 0.4) is 0 Å². The summed E-state index contributed by atoms with van der Waals surface area (Å²) in [4.78, 5) is 0. The van der Waals surface area contributed by atoms with E-state index in [9.17, 15) is 0 Å². The van der Waals surface area contributed by atoms with Crippen LogP contribution in [0.1, 0.15) is 25.8 Å². The largest absolute Gasteiger partial charge is 0.490 e. The predicted octanol–water partition coefficient (Wildman–Crippen LogP) is 3.11. The molecule has 0 aliphatic rings. The van der Waals surface area contributed by atoms with Crippen molar-refractivity contribution < 1.29 is 14.2 Å². The molecule has 4 nitrogen and oxygen atoms in total. The zero-order valence-corrected chi connectivity index (χ0v) is 13.3. The minimum Gasteiger partial charge on any atom is -0.490 e. The van der Waals surface area contributed by atoms with Crippen LogP contribution in [0.4, 0.5) is 0 Å². The lowest BCUT2D eigenvalue weighted by molar-refractivity contribution is 0.131. The van der Waals surface area contributed by atoms with Crippen LogP contribution in [0.15, 0.2) is 16.6 Å². The molecule has 0 saturated heterocycles. The van der Waals surface area contributed by atoms with Crippen molar-refractivity contribution in [3.05, 3.63) is 22.2 Å². The summed E-state index contributed by atoms with van der Waals surface area (Å²) in [6.45, 7) is 5.68. The van der Waals surface area contributed by atoms with Gasteiger partial charge in [-0.1, -0.05) is 0 Å². The first kappa shape index (κ1) is 16.3. The van der Waals surface area contributed by atoms with Crippen molar-refractivity contribution >= 4 is 15.9 Å². The Morgan fingerprint density at radius 1 is 1.37 bits per heavy atom. The van der Waals surface area contributed by atoms with E-state index < -0.39 is 0 Å². The molecule has 108 valence electrons. The van der Waals surface area contributed by atoms with Crippen molar-refractivity contribution in [1.29, 1.82) is 0 Å². The maximum absolute atomic E-state index is 5.94. The van der Waals surface area contributed by atoms with Gasteiger partial charge in [0.15, 0.2) is 11.5 Å². The molecule has 1 aromatic rings. The second-order valence-electron chi connectivity index (χ2n) is 4.25. The summed E-state index contributed by atoms with van der Waals surface area (Å²) in [6, 6.07) is 3.88. The van der Waals surface area contributed by atoms with E-state index >= 15 is 0 Å². The van der Waals surface area contributed by atoms with Gasteiger partial charge in [0.1, 0.15) is 0 Å². The average molecular weight is 332 g/mol. The van der Waals surface area contributed by atoms with Gasteiger partial charge >= 0.3 is 0 Å². The van der Waals surface area contributed by atoms with Crippen LogP contribution in [0.25, 0.3) is 0 Å². The summed E-state index contributed by atoms with van der Waals surface area (Å²) < 4.78 is 17.5. The van der Waals surface area contributed by atoms with Crippen LogP contribution >= 0.6 is 15.9 Å². The summed E-state index contributed by atoms with van der Waals surface area (Å²) in [5, 5.41) is 0. The number of halogens is 1. The van der Waals surface area contributed by atoms with Crippen LogP contribution in [0, 0.1) is 0 Å². The second-order valence-corrected chi connectivity index (χ2v) is 5.11. The van der Waals surface area contributed by atoms with E-state index in [1.54, 1.807) is 7.11 Å². The first-order valence-corrected chi connectivity index (χ1v) is 7.22. The number of hydrogen-bond donors (Lipinski definition) is 1. The van der Waals surface area contributed by atoms with Gasteiger partial charge in [-0.25, -0.2) is 0 Å². The molecule has 0 amide bonds. The molecule has 1 rings (SSSR count). The zero-order chi connectivity index (χ0) is 14.3. The quantitative estimate of drug-likeness (QED) is 0.795. The standard InChI is InChI=1S/C14H22BrNO3/c1-4-18-13-8-11(9-16)7-12(15)14(13)19-10(2)5-6-17-3/h7-8,10H,4-6,9,16H2,1-3H3. The van der Waals surface area contributed by atoms with E-state index in [0.717, 1.165) is 28.0 Å². The van der Waals surface area contributed by atoms with Crippen LogP contribution in [-0.2, 0) is 11.3 Å². The van der Waals surface area contributed by atoms with Crippen molar-refractivity contribution in [2.75, 3.05) is 20.3 Å². The smallest absolute Gasteiger partial charge is 0.175 e. The van der Waals surface area contributed by atoms with E-state index in [-0.39, 0.29) is 6.10 Å². The molecule has 1 aromatic carbocycles. The van der Waals surface area contributed by atoms with Crippen molar-refractivity contribution in [3.63, 3.8) is 0 Å². The van der Waals surface area contributed by atoms with Gasteiger partial charge in [0.05, 0.1) is 17.2 Å². The summed E-state index contributed by atoms with van der Waals surface area (Å²) in [5.41, 5.74) is 6.67. The summed E-state index contributed by atoms with van der Waals surface area (Å²) in [6.07, 6.45) is 0.881. The monoisotopic (exact) mass is 331 g/mol. The maximum Gasteiger partial charge on any atom is 0.175 e. The topological polar surface area (TPSA) is 53.7 Å². The van der Waals surface area contributed by atoms with Gasteiger partial charge in [0.25, 0.3) is 0 Å². The molecule has 0 radical (unpaired) electrons. The van der Waals surface area contributed by atoms with Crippen molar-refractivity contribution in [1.82, 2.24) is 0 Å². The van der Waals surface area contributed by atoms with Gasteiger partial charge in [-0.2, -0.15) is 0 Å². The lowest BCUT2D eigenvalue weighted by Gasteiger charge is -2.19. The van der Waals surface area contributed by atoms with Gasteiger partial charge in [-0.15, -0.1) is 0 Å². The molecular formula is C14H22BrNO3. The summed E-state index contributed by atoms with van der Waals surface area (Å²) in [5.74, 6) is 1.45. The Labute approximate surface area is 123 Å². The Hall–Kier alpha value is -0.780. The Morgan fingerprint density at radius 2 is 2.11 bits per heavy atom. The molecule has 1 atom stereocenters. The second kappa shape index (κ2) is 8.40. The highest BCUT2D eigenvalue weighted by molar-refractivity contribution is 9.10. The summed E-state index contributed by atoms with van der Waals surface area (Å²) >= 11 is 3.51. The van der Waals surface area contributed by atoms with Gasteiger partial charge in [0.2, 0.25) is 0 Å². The minimum atomic E-state index is 0.0548. The first-order chi connectivity index (χ1) is 9.12. The molecule has 2 N–H and O–H groups in total. The lowest BCUT2D eigenvalue weighted by atomic mass is 10.2. The van der Waals surface area contributed by atoms with Gasteiger partial charge in [0, 0.05) is 26.7 Å². The molecule has 1 unspecified atom stereocenters. The van der Waals surface area contributed by atoms with Crippen molar-refractivity contribution in [3.8, 4) is 11.5 Å². The minimum absolute atomic E-state index is 0.0548. The Bertz CT molecular complexity index is 399. The van der Waals surface area contributed by atoms with Gasteiger partial charge < -0.3 is 19.9 Å². The molecule has 0 aliphatic carbocycles. The SMILES string of the molecule is CCOc1cc(CN)cc(Br)c1OC(C)CCOC. The third-order valence-electron chi connectivity index (χ3n) is 2.65. The normalized spacial score (nSPS) is 12.3. The molecular weight excluding hydrogens is 310 g/mol. The zero-order valence-electron chi connectivity index (χ0n) is 11.7. The molecule has 0 spiro atoms. The maximum atomic E-state index is 5.94. The molecule has 0 heterocycles. The number of nitrogens with two attached hydrogens (primary N) is 1. The predicted molar refractivity (Wildman–Crippen MR) is 79.8 cm³/mol. The Balaban J connectivity index is 2.90. The Kier molecular flexibility index (Phi) is 7.20. The molecule has 0 aromatic heterocycles. The van der Waals surface area contributed by atoms with E-state index in [0.29, 0.717) is 19.8 Å². The third kappa shape index (κ3) is 5.01. The highest BCUT2D eigenvalue weighted by Gasteiger charge is 2.14. The number of methoxy groups -OCH3 is 1. The van der Waals surface area contributed by atoms with Crippen molar-refractivity contribution in [2.24, 2.45) is 5.73 Å². The molecule has 0 saturated carbocycles. The van der Waals surface area contributed by atoms with E-state index in [1.165, 1.54) is 0 Å². The van der Waals surface area contributed by atoms with E-state index in [1.807, 2.05) is 26.0 Å². The van der Waals surface area contributed by atoms with Crippen LogP contribution < -0.4 is 15.2 Å². The molecule has 0 fully saturated rings. The number of rotatable bonds is 8. The van der Waals surface area contributed by atoms with Crippen LogP contribution in [0.5, 0.6) is 11.5 Å². The van der Waals surface area contributed by atoms with Crippen LogP contribution in [-0.4, -0.2) is 26.4 Å². The molecule has 0 bridgehead atoms. The van der Waals surface area contributed by atoms with E-state index in [4.69, 9.17) is 19.9 Å². The van der Waals surface area contributed by atoms with Gasteiger partial charge in [-0.05, 0) is 47.5 Å². The molecule has 5 heteroatoms. The molecule has 19 heavy (non-hydrogen) atoms. The third-order valence-corrected chi connectivity index (χ3v) is 3.24. The fraction of sp³-hybridized carbons (Fsp3) is 0.571. The Morgan fingerprint density at radius 3 is 2.68 bits per heavy atom. The fourth-order valence-electron chi connectivity index (χ4n) is 1.66. The van der Waals surface area contributed by atoms with Crippen molar-refractivity contribution in [2.45, 2.75) is 32.9 Å². The highest BCUT2D eigenvalue weighted by atomic mass is 79.9. The summed E-state index contributed by atoms with van der Waals surface area (Å²) in [7, 11) is 1.68. The fourth-order valence-corrected chi connectivity index (χ4v) is 2.24. The molecule has 0 aliphatic heterocycles. The first-order valence-electron chi connectivity index (χ1n) is 6.43. The van der Waals surface area contributed by atoms with E-state index in [2.05, 4.69) is 15.9 Å². The van der Waals surface area contributed by atoms with Crippen LogP contribution in [0.2, 0.25) is 0 Å². The number of hydrogen-bond acceptors (Lipinski definition) is 4. The van der Waals surface area contributed by atoms with Gasteiger partial charge in [-0.3, -0.25) is 0 Å². The number of ether oxygens (including phenoxy) is 3. The lowest BCUT2D eigenvalue weighted by Crippen LogP contribution is -2.15. The average Bonchev–Trinajstić information content (AvgIpc) is 2.40.